The van der Waals surface area contributed by atoms with Gasteiger partial charge in [-0.3, -0.25) is 4.79 Å². The lowest BCUT2D eigenvalue weighted by molar-refractivity contribution is -0.131. The summed E-state index contributed by atoms with van der Waals surface area (Å²) in [5, 5.41) is 3.12. The quantitative estimate of drug-likeness (QED) is 0.689. The van der Waals surface area contributed by atoms with Gasteiger partial charge in [-0.25, -0.2) is 0 Å². The Balaban J connectivity index is 1.82. The number of unbranched alkanes of at least 4 members (excludes halogenated alkanes) is 2. The van der Waals surface area contributed by atoms with Crippen LogP contribution in [-0.4, -0.2) is 12.5 Å². The second-order valence-corrected chi connectivity index (χ2v) is 6.72. The Kier molecular flexibility index (Phi) is 5.72. The second kappa shape index (κ2) is 7.31. The van der Waals surface area contributed by atoms with Crippen LogP contribution >= 0.6 is 0 Å². The first-order valence-corrected chi connectivity index (χ1v) is 8.53. The highest BCUT2D eigenvalue weighted by molar-refractivity contribution is 5.79. The van der Waals surface area contributed by atoms with E-state index in [2.05, 4.69) is 19.2 Å². The minimum absolute atomic E-state index is 0.340. The Labute approximate surface area is 118 Å². The number of hydrogen-bond acceptors (Lipinski definition) is 1. The SMILES string of the molecule is CCCCCC1CC2CCC1CC2C(=O)NCCC. The van der Waals surface area contributed by atoms with Crippen molar-refractivity contribution in [2.75, 3.05) is 6.54 Å². The highest BCUT2D eigenvalue weighted by atomic mass is 16.1. The van der Waals surface area contributed by atoms with Crippen molar-refractivity contribution in [1.82, 2.24) is 5.32 Å². The van der Waals surface area contributed by atoms with Gasteiger partial charge in [-0.1, -0.05) is 39.5 Å². The molecule has 3 aliphatic rings. The normalized spacial score (nSPS) is 33.4. The highest BCUT2D eigenvalue weighted by Crippen LogP contribution is 2.49. The molecule has 0 aromatic rings. The Morgan fingerprint density at radius 2 is 1.84 bits per heavy atom. The van der Waals surface area contributed by atoms with Crippen molar-refractivity contribution in [1.29, 1.82) is 0 Å². The predicted molar refractivity (Wildman–Crippen MR) is 79.9 cm³/mol. The third-order valence-corrected chi connectivity index (χ3v) is 5.37. The maximum absolute atomic E-state index is 12.2. The van der Waals surface area contributed by atoms with Crippen molar-refractivity contribution in [3.63, 3.8) is 0 Å². The smallest absolute Gasteiger partial charge is 0.223 e. The van der Waals surface area contributed by atoms with E-state index in [4.69, 9.17) is 0 Å². The summed E-state index contributed by atoms with van der Waals surface area (Å²) in [7, 11) is 0. The van der Waals surface area contributed by atoms with Crippen LogP contribution in [0.1, 0.15) is 71.6 Å². The van der Waals surface area contributed by atoms with Gasteiger partial charge in [0, 0.05) is 12.5 Å². The lowest BCUT2D eigenvalue weighted by Crippen LogP contribution is -2.45. The van der Waals surface area contributed by atoms with Crippen molar-refractivity contribution < 1.29 is 4.79 Å². The molecule has 3 rings (SSSR count). The van der Waals surface area contributed by atoms with Gasteiger partial charge in [-0.15, -0.1) is 0 Å². The van der Waals surface area contributed by atoms with Crippen molar-refractivity contribution >= 4 is 5.91 Å². The van der Waals surface area contributed by atoms with Gasteiger partial charge in [0.15, 0.2) is 0 Å². The molecule has 0 aliphatic heterocycles. The molecular formula is C17H31NO. The molecule has 0 radical (unpaired) electrons. The van der Waals surface area contributed by atoms with Gasteiger partial charge < -0.3 is 5.32 Å². The number of amides is 1. The lowest BCUT2D eigenvalue weighted by Gasteiger charge is -2.47. The summed E-state index contributed by atoms with van der Waals surface area (Å²) in [5.41, 5.74) is 0. The summed E-state index contributed by atoms with van der Waals surface area (Å²) in [4.78, 5) is 12.2. The summed E-state index contributed by atoms with van der Waals surface area (Å²) in [6.45, 7) is 5.25. The summed E-state index contributed by atoms with van der Waals surface area (Å²) >= 11 is 0. The fourth-order valence-corrected chi connectivity index (χ4v) is 4.27. The molecule has 3 saturated carbocycles. The van der Waals surface area contributed by atoms with E-state index in [-0.39, 0.29) is 0 Å². The molecule has 3 fully saturated rings. The van der Waals surface area contributed by atoms with Gasteiger partial charge in [-0.05, 0) is 49.9 Å². The molecule has 2 heteroatoms. The molecule has 0 aromatic carbocycles. The zero-order valence-electron chi connectivity index (χ0n) is 12.8. The number of carbonyl (C=O) groups is 1. The molecule has 4 unspecified atom stereocenters. The zero-order chi connectivity index (χ0) is 13.7. The third kappa shape index (κ3) is 3.73. The molecule has 0 spiro atoms. The molecule has 1 amide bonds. The Hall–Kier alpha value is -0.530. The molecule has 1 N–H and O–H groups in total. The average molecular weight is 265 g/mol. The topological polar surface area (TPSA) is 29.1 Å². The number of nitrogens with one attached hydrogen (secondary N) is 1. The monoisotopic (exact) mass is 265 g/mol. The second-order valence-electron chi connectivity index (χ2n) is 6.72. The van der Waals surface area contributed by atoms with E-state index in [9.17, 15) is 4.79 Å². The van der Waals surface area contributed by atoms with Crippen LogP contribution < -0.4 is 5.32 Å². The number of fused-ring (bicyclic) bond motifs is 3. The summed E-state index contributed by atoms with van der Waals surface area (Å²) in [6.07, 6.45) is 11.8. The fraction of sp³-hybridized carbons (Fsp3) is 0.941. The van der Waals surface area contributed by atoms with E-state index < -0.39 is 0 Å². The van der Waals surface area contributed by atoms with Crippen LogP contribution in [0, 0.1) is 23.7 Å². The van der Waals surface area contributed by atoms with Crippen LogP contribution in [0.25, 0.3) is 0 Å². The maximum atomic E-state index is 12.2. The molecule has 0 heterocycles. The highest BCUT2D eigenvalue weighted by Gasteiger charge is 2.43. The van der Waals surface area contributed by atoms with E-state index in [1.165, 1.54) is 51.4 Å². The molecule has 2 bridgehead atoms. The molecule has 2 nitrogen and oxygen atoms in total. The van der Waals surface area contributed by atoms with Crippen LogP contribution in [-0.2, 0) is 4.79 Å². The van der Waals surface area contributed by atoms with Crippen molar-refractivity contribution in [3.8, 4) is 0 Å². The molecule has 3 aliphatic carbocycles. The van der Waals surface area contributed by atoms with Gasteiger partial charge in [0.2, 0.25) is 5.91 Å². The minimum Gasteiger partial charge on any atom is -0.356 e. The first-order chi connectivity index (χ1) is 9.26. The summed E-state index contributed by atoms with van der Waals surface area (Å²) < 4.78 is 0. The Morgan fingerprint density at radius 3 is 2.47 bits per heavy atom. The third-order valence-electron chi connectivity index (χ3n) is 5.37. The minimum atomic E-state index is 0.340. The Morgan fingerprint density at radius 1 is 1.05 bits per heavy atom. The first kappa shape index (κ1) is 14.9. The van der Waals surface area contributed by atoms with E-state index in [0.29, 0.717) is 17.7 Å². The lowest BCUT2D eigenvalue weighted by atomic mass is 9.58. The van der Waals surface area contributed by atoms with Gasteiger partial charge in [0.05, 0.1) is 0 Å². The van der Waals surface area contributed by atoms with Crippen molar-refractivity contribution in [2.45, 2.75) is 71.6 Å². The number of rotatable bonds is 7. The van der Waals surface area contributed by atoms with Crippen LogP contribution in [0.4, 0.5) is 0 Å². The Bertz CT molecular complexity index is 289. The van der Waals surface area contributed by atoms with Crippen molar-refractivity contribution in [2.24, 2.45) is 23.7 Å². The zero-order valence-corrected chi connectivity index (χ0v) is 12.8. The van der Waals surface area contributed by atoms with E-state index in [0.717, 1.165) is 24.8 Å². The summed E-state index contributed by atoms with van der Waals surface area (Å²) in [6, 6.07) is 0. The standard InChI is InChI=1S/C17H31NO/c1-3-5-6-7-13-11-15-9-8-14(13)12-16(15)17(19)18-10-4-2/h13-16H,3-12H2,1-2H3,(H,18,19). The molecule has 4 atom stereocenters. The van der Waals surface area contributed by atoms with E-state index in [1.807, 2.05) is 0 Å². The largest absolute Gasteiger partial charge is 0.356 e. The van der Waals surface area contributed by atoms with Crippen LogP contribution in [0.2, 0.25) is 0 Å². The van der Waals surface area contributed by atoms with E-state index >= 15 is 0 Å². The van der Waals surface area contributed by atoms with Crippen LogP contribution in [0.3, 0.4) is 0 Å². The van der Waals surface area contributed by atoms with Crippen molar-refractivity contribution in [3.05, 3.63) is 0 Å². The van der Waals surface area contributed by atoms with Gasteiger partial charge >= 0.3 is 0 Å². The maximum Gasteiger partial charge on any atom is 0.223 e. The first-order valence-electron chi connectivity index (χ1n) is 8.53. The molecular weight excluding hydrogens is 234 g/mol. The average Bonchev–Trinajstić information content (AvgIpc) is 2.45. The number of hydrogen-bond donors (Lipinski definition) is 1. The fourth-order valence-electron chi connectivity index (χ4n) is 4.27. The van der Waals surface area contributed by atoms with Crippen LogP contribution in [0.5, 0.6) is 0 Å². The van der Waals surface area contributed by atoms with Gasteiger partial charge in [0.25, 0.3) is 0 Å². The van der Waals surface area contributed by atoms with Gasteiger partial charge in [0.1, 0.15) is 0 Å². The van der Waals surface area contributed by atoms with Crippen LogP contribution in [0.15, 0.2) is 0 Å². The molecule has 0 aromatic heterocycles. The summed E-state index contributed by atoms with van der Waals surface area (Å²) in [5.74, 6) is 3.16. The molecule has 0 saturated heterocycles. The molecule has 110 valence electrons. The van der Waals surface area contributed by atoms with Gasteiger partial charge in [-0.2, -0.15) is 0 Å². The van der Waals surface area contributed by atoms with E-state index in [1.54, 1.807) is 0 Å². The number of carbonyl (C=O) groups excluding carboxylic acids is 1. The predicted octanol–water partition coefficient (Wildman–Crippen LogP) is 4.15. The molecule has 19 heavy (non-hydrogen) atoms.